The molecular weight excluding hydrogens is 254 g/mol. The third-order valence-corrected chi connectivity index (χ3v) is 3.90. The lowest BCUT2D eigenvalue weighted by Gasteiger charge is -2.35. The smallest absolute Gasteiger partial charge is 0.129 e. The zero-order chi connectivity index (χ0) is 10.7. The van der Waals surface area contributed by atoms with E-state index in [1.54, 1.807) is 0 Å². The maximum atomic E-state index is 5.78. The van der Waals surface area contributed by atoms with E-state index in [9.17, 15) is 0 Å². The van der Waals surface area contributed by atoms with Crippen LogP contribution in [0.3, 0.4) is 0 Å². The summed E-state index contributed by atoms with van der Waals surface area (Å²) >= 11 is 3.59. The number of halogens is 1. The van der Waals surface area contributed by atoms with Crippen LogP contribution >= 0.6 is 15.9 Å². The van der Waals surface area contributed by atoms with Crippen molar-refractivity contribution in [2.24, 2.45) is 0 Å². The quantitative estimate of drug-likeness (QED) is 0.764. The molecule has 2 aliphatic rings. The zero-order valence-corrected chi connectivity index (χ0v) is 10.8. The lowest BCUT2D eigenvalue weighted by atomic mass is 10.1. The van der Waals surface area contributed by atoms with Crippen molar-refractivity contribution in [1.29, 1.82) is 0 Å². The summed E-state index contributed by atoms with van der Waals surface area (Å²) in [5.41, 5.74) is 1.46. The molecule has 15 heavy (non-hydrogen) atoms. The van der Waals surface area contributed by atoms with Gasteiger partial charge in [-0.2, -0.15) is 0 Å². The van der Waals surface area contributed by atoms with Crippen molar-refractivity contribution in [3.05, 3.63) is 22.3 Å². The highest BCUT2D eigenvalue weighted by Crippen LogP contribution is 2.26. The van der Waals surface area contributed by atoms with Gasteiger partial charge in [0, 0.05) is 23.8 Å². The third kappa shape index (κ3) is 2.64. The Morgan fingerprint density at radius 2 is 2.40 bits per heavy atom. The Balaban J connectivity index is 1.99. The van der Waals surface area contributed by atoms with Gasteiger partial charge in [0.05, 0.1) is 0 Å². The fourth-order valence-electron chi connectivity index (χ4n) is 2.09. The Labute approximate surface area is 100 Å². The van der Waals surface area contributed by atoms with Crippen LogP contribution in [0.15, 0.2) is 22.3 Å². The van der Waals surface area contributed by atoms with Gasteiger partial charge in [-0.1, -0.05) is 22.9 Å². The van der Waals surface area contributed by atoms with Gasteiger partial charge in [0.15, 0.2) is 0 Å². The summed E-state index contributed by atoms with van der Waals surface area (Å²) in [4.78, 5) is 2.32. The molecule has 1 fully saturated rings. The van der Waals surface area contributed by atoms with Crippen molar-refractivity contribution in [2.75, 3.05) is 13.2 Å². The van der Waals surface area contributed by atoms with Crippen LogP contribution in [0.5, 0.6) is 0 Å². The van der Waals surface area contributed by atoms with Gasteiger partial charge >= 0.3 is 0 Å². The number of rotatable bonds is 2. The molecule has 0 N–H and O–H groups in total. The summed E-state index contributed by atoms with van der Waals surface area (Å²) in [6.07, 6.45) is 9.37. The lowest BCUT2D eigenvalue weighted by Crippen LogP contribution is -2.38. The predicted molar refractivity (Wildman–Crippen MR) is 65.7 cm³/mol. The van der Waals surface area contributed by atoms with Gasteiger partial charge in [-0.15, -0.1) is 0 Å². The summed E-state index contributed by atoms with van der Waals surface area (Å²) in [5.74, 6) is 0. The second kappa shape index (κ2) is 5.17. The van der Waals surface area contributed by atoms with Crippen LogP contribution in [0.1, 0.15) is 32.6 Å². The maximum absolute atomic E-state index is 5.78. The molecule has 2 nitrogen and oxygen atoms in total. The van der Waals surface area contributed by atoms with E-state index in [0.717, 1.165) is 19.6 Å². The van der Waals surface area contributed by atoms with Gasteiger partial charge in [0.1, 0.15) is 6.23 Å². The molecule has 2 heterocycles. The van der Waals surface area contributed by atoms with Crippen molar-refractivity contribution in [1.82, 2.24) is 4.90 Å². The summed E-state index contributed by atoms with van der Waals surface area (Å²) in [7, 11) is 0. The van der Waals surface area contributed by atoms with E-state index in [-0.39, 0.29) is 0 Å². The van der Waals surface area contributed by atoms with E-state index in [0.29, 0.717) is 6.23 Å². The molecule has 1 unspecified atom stereocenters. The first kappa shape index (κ1) is 11.2. The second-order valence-electron chi connectivity index (χ2n) is 4.11. The zero-order valence-electron chi connectivity index (χ0n) is 9.21. The minimum absolute atomic E-state index is 0.303. The number of hydrogen-bond acceptors (Lipinski definition) is 2. The van der Waals surface area contributed by atoms with Crippen molar-refractivity contribution >= 4 is 15.9 Å². The first-order valence-corrected chi connectivity index (χ1v) is 6.53. The molecule has 0 aromatic heterocycles. The Hall–Kier alpha value is -0.280. The molecule has 0 aromatic rings. The Morgan fingerprint density at radius 3 is 3.07 bits per heavy atom. The highest BCUT2D eigenvalue weighted by molar-refractivity contribution is 9.11. The normalized spacial score (nSPS) is 27.3. The highest BCUT2D eigenvalue weighted by Gasteiger charge is 2.22. The van der Waals surface area contributed by atoms with Gasteiger partial charge in [-0.25, -0.2) is 0 Å². The topological polar surface area (TPSA) is 12.5 Å². The highest BCUT2D eigenvalue weighted by atomic mass is 79.9. The molecule has 0 spiro atoms. The number of ether oxygens (including phenoxy) is 1. The van der Waals surface area contributed by atoms with Crippen LogP contribution in [-0.2, 0) is 4.74 Å². The van der Waals surface area contributed by atoms with E-state index in [1.807, 2.05) is 0 Å². The molecule has 0 aliphatic carbocycles. The van der Waals surface area contributed by atoms with Crippen molar-refractivity contribution in [3.8, 4) is 0 Å². The van der Waals surface area contributed by atoms with Gasteiger partial charge < -0.3 is 9.64 Å². The molecule has 2 rings (SSSR count). The van der Waals surface area contributed by atoms with E-state index in [1.165, 1.54) is 29.3 Å². The molecule has 0 amide bonds. The lowest BCUT2D eigenvalue weighted by molar-refractivity contribution is -0.0629. The molecule has 1 atom stereocenters. The van der Waals surface area contributed by atoms with E-state index in [4.69, 9.17) is 4.74 Å². The fraction of sp³-hybridized carbons (Fsp3) is 0.667. The minimum Gasteiger partial charge on any atom is -0.358 e. The molecule has 2 aliphatic heterocycles. The Morgan fingerprint density at radius 1 is 1.53 bits per heavy atom. The molecule has 1 saturated heterocycles. The number of allylic oxidation sites excluding steroid dienone is 2. The molecule has 0 aromatic carbocycles. The molecule has 3 heteroatoms. The average molecular weight is 272 g/mol. The fourth-order valence-corrected chi connectivity index (χ4v) is 2.62. The standard InChI is InChI=1S/C12H18BrNO/c1-2-10-9-14(7-6-11(10)13)12-5-3-4-8-15-12/h6-7,12H,2-5,8-9H2,1H3. The summed E-state index contributed by atoms with van der Waals surface area (Å²) in [5, 5.41) is 0. The van der Waals surface area contributed by atoms with Gasteiger partial charge in [0.25, 0.3) is 0 Å². The minimum atomic E-state index is 0.303. The monoisotopic (exact) mass is 271 g/mol. The van der Waals surface area contributed by atoms with Gasteiger partial charge in [-0.3, -0.25) is 0 Å². The van der Waals surface area contributed by atoms with Crippen LogP contribution in [0.2, 0.25) is 0 Å². The first-order valence-electron chi connectivity index (χ1n) is 5.74. The van der Waals surface area contributed by atoms with Crippen LogP contribution in [0, 0.1) is 0 Å². The molecule has 0 bridgehead atoms. The molecule has 84 valence electrons. The number of nitrogens with zero attached hydrogens (tertiary/aromatic N) is 1. The van der Waals surface area contributed by atoms with E-state index in [2.05, 4.69) is 40.0 Å². The Bertz CT molecular complexity index is 279. The number of hydrogen-bond donors (Lipinski definition) is 0. The average Bonchev–Trinajstić information content (AvgIpc) is 2.31. The Kier molecular flexibility index (Phi) is 3.87. The molecule has 0 saturated carbocycles. The second-order valence-corrected chi connectivity index (χ2v) is 4.97. The van der Waals surface area contributed by atoms with Crippen LogP contribution in [-0.4, -0.2) is 24.3 Å². The molecular formula is C12H18BrNO. The van der Waals surface area contributed by atoms with Crippen LogP contribution in [0.25, 0.3) is 0 Å². The van der Waals surface area contributed by atoms with E-state index < -0.39 is 0 Å². The van der Waals surface area contributed by atoms with Crippen molar-refractivity contribution in [3.63, 3.8) is 0 Å². The van der Waals surface area contributed by atoms with Crippen LogP contribution < -0.4 is 0 Å². The third-order valence-electron chi connectivity index (χ3n) is 3.08. The van der Waals surface area contributed by atoms with Crippen molar-refractivity contribution in [2.45, 2.75) is 38.8 Å². The summed E-state index contributed by atoms with van der Waals surface area (Å²) < 4.78 is 7.03. The van der Waals surface area contributed by atoms with Gasteiger partial charge in [-0.05, 0) is 37.3 Å². The predicted octanol–water partition coefficient (Wildman–Crippen LogP) is 3.40. The maximum Gasteiger partial charge on any atom is 0.129 e. The SMILES string of the molecule is CCC1=C(Br)C=CN(C2CCCCO2)C1. The molecule has 0 radical (unpaired) electrons. The summed E-state index contributed by atoms with van der Waals surface area (Å²) in [6, 6.07) is 0. The van der Waals surface area contributed by atoms with E-state index >= 15 is 0 Å². The largest absolute Gasteiger partial charge is 0.358 e. The van der Waals surface area contributed by atoms with Crippen molar-refractivity contribution < 1.29 is 4.74 Å². The summed E-state index contributed by atoms with van der Waals surface area (Å²) in [6.45, 7) is 4.13. The van der Waals surface area contributed by atoms with Crippen LogP contribution in [0.4, 0.5) is 0 Å². The first-order chi connectivity index (χ1) is 7.31. The van der Waals surface area contributed by atoms with Gasteiger partial charge in [0.2, 0.25) is 0 Å².